The molecular weight excluding hydrogens is 330 g/mol. The summed E-state index contributed by atoms with van der Waals surface area (Å²) in [6, 6.07) is 4.15. The fraction of sp³-hybridized carbons (Fsp3) is 0.667. The van der Waals surface area contributed by atoms with Crippen LogP contribution in [0, 0.1) is 5.92 Å². The third-order valence-electron chi connectivity index (χ3n) is 8.13. The van der Waals surface area contributed by atoms with E-state index in [1.807, 2.05) is 6.07 Å². The first-order chi connectivity index (χ1) is 12.5. The second-order valence-corrected chi connectivity index (χ2v) is 9.09. The van der Waals surface area contributed by atoms with Gasteiger partial charge in [-0.05, 0) is 63.1 Å². The smallest absolute Gasteiger partial charge is 0.174 e. The molecule has 2 aliphatic heterocycles. The Morgan fingerprint density at radius 3 is 2.88 bits per heavy atom. The minimum absolute atomic E-state index is 0.0223. The lowest BCUT2D eigenvalue weighted by Crippen LogP contribution is -2.77. The molecule has 0 aromatic heterocycles. The molecule has 138 valence electrons. The zero-order valence-corrected chi connectivity index (χ0v) is 15.1. The third kappa shape index (κ3) is 1.55. The number of Topliss-reactive ketones (excluding diaryl/α,β-unsaturated/α-hetero) is 1. The number of aliphatic hydroxyl groups is 1. The van der Waals surface area contributed by atoms with Gasteiger partial charge in [0.15, 0.2) is 23.4 Å². The first kappa shape index (κ1) is 15.5. The number of ketones is 1. The monoisotopic (exact) mass is 355 g/mol. The van der Waals surface area contributed by atoms with Crippen LogP contribution in [0.4, 0.5) is 0 Å². The molecule has 6 rings (SSSR count). The van der Waals surface area contributed by atoms with Crippen molar-refractivity contribution in [2.24, 2.45) is 5.92 Å². The van der Waals surface area contributed by atoms with Crippen molar-refractivity contribution in [2.45, 2.75) is 74.7 Å². The van der Waals surface area contributed by atoms with Crippen molar-refractivity contribution >= 4 is 5.78 Å². The van der Waals surface area contributed by atoms with E-state index < -0.39 is 17.1 Å². The fourth-order valence-corrected chi connectivity index (χ4v) is 6.70. The Morgan fingerprint density at radius 1 is 1.31 bits per heavy atom. The number of hydrogen-bond donors (Lipinski definition) is 2. The Balaban J connectivity index is 1.58. The number of phenolic OH excluding ortho intramolecular Hbond substituents is 1. The molecule has 1 aromatic rings. The van der Waals surface area contributed by atoms with Crippen molar-refractivity contribution in [2.75, 3.05) is 6.54 Å². The first-order valence-corrected chi connectivity index (χ1v) is 10.0. The highest BCUT2D eigenvalue weighted by molar-refractivity contribution is 5.90. The number of carbonyl (C=O) groups excluding carboxylic acids is 1. The number of piperidine rings is 1. The minimum atomic E-state index is -0.959. The van der Waals surface area contributed by atoms with E-state index in [2.05, 4.69) is 11.8 Å². The Bertz CT molecular complexity index is 834. The van der Waals surface area contributed by atoms with Gasteiger partial charge in [0.2, 0.25) is 0 Å². The quantitative estimate of drug-likeness (QED) is 0.848. The second kappa shape index (κ2) is 4.63. The number of rotatable bonds is 2. The Labute approximate surface area is 152 Å². The van der Waals surface area contributed by atoms with Crippen molar-refractivity contribution in [1.29, 1.82) is 0 Å². The summed E-state index contributed by atoms with van der Waals surface area (Å²) in [5, 5.41) is 22.5. The molecule has 2 heterocycles. The molecule has 5 heteroatoms. The lowest BCUT2D eigenvalue weighted by atomic mass is 9.49. The third-order valence-corrected chi connectivity index (χ3v) is 8.13. The lowest BCUT2D eigenvalue weighted by Gasteiger charge is -2.63. The number of phenols is 1. The van der Waals surface area contributed by atoms with Crippen LogP contribution in [0.25, 0.3) is 0 Å². The summed E-state index contributed by atoms with van der Waals surface area (Å²) >= 11 is 0. The van der Waals surface area contributed by atoms with Crippen LogP contribution in [0.5, 0.6) is 11.5 Å². The van der Waals surface area contributed by atoms with Crippen molar-refractivity contribution < 1.29 is 19.7 Å². The van der Waals surface area contributed by atoms with Gasteiger partial charge in [-0.25, -0.2) is 0 Å². The highest BCUT2D eigenvalue weighted by Gasteiger charge is 2.73. The highest BCUT2D eigenvalue weighted by Crippen LogP contribution is 2.65. The predicted octanol–water partition coefficient (Wildman–Crippen LogP) is 1.91. The van der Waals surface area contributed by atoms with Gasteiger partial charge in [0.05, 0.1) is 11.0 Å². The van der Waals surface area contributed by atoms with E-state index in [4.69, 9.17) is 4.74 Å². The Hall–Kier alpha value is -1.59. The number of hydrogen-bond acceptors (Lipinski definition) is 5. The molecule has 2 N–H and O–H groups in total. The van der Waals surface area contributed by atoms with Crippen molar-refractivity contribution in [3.8, 4) is 11.5 Å². The number of benzene rings is 1. The highest BCUT2D eigenvalue weighted by atomic mass is 16.5. The molecule has 3 unspecified atom stereocenters. The van der Waals surface area contributed by atoms with Gasteiger partial charge in [-0.2, -0.15) is 0 Å². The maximum Gasteiger partial charge on any atom is 0.174 e. The van der Waals surface area contributed by atoms with Crippen LogP contribution in [0.1, 0.15) is 50.2 Å². The van der Waals surface area contributed by atoms with E-state index in [9.17, 15) is 15.0 Å². The molecule has 3 aliphatic carbocycles. The number of nitrogens with zero attached hydrogens (tertiary/aromatic N) is 1. The maximum absolute atomic E-state index is 12.8. The summed E-state index contributed by atoms with van der Waals surface area (Å²) in [7, 11) is 0. The van der Waals surface area contributed by atoms with Gasteiger partial charge in [-0.15, -0.1) is 0 Å². The minimum Gasteiger partial charge on any atom is -0.504 e. The zero-order chi connectivity index (χ0) is 17.8. The molecule has 5 aliphatic rings. The van der Waals surface area contributed by atoms with E-state index in [1.54, 1.807) is 6.07 Å². The molecule has 5 nitrogen and oxygen atoms in total. The van der Waals surface area contributed by atoms with Crippen LogP contribution in [0.2, 0.25) is 0 Å². The van der Waals surface area contributed by atoms with Crippen molar-refractivity contribution in [1.82, 2.24) is 4.90 Å². The summed E-state index contributed by atoms with van der Waals surface area (Å²) in [5.74, 6) is 1.35. The Morgan fingerprint density at radius 2 is 2.12 bits per heavy atom. The average molecular weight is 355 g/mol. The normalized spacial score (nSPS) is 41.5. The first-order valence-electron chi connectivity index (χ1n) is 10.0. The Kier molecular flexibility index (Phi) is 2.75. The van der Waals surface area contributed by atoms with Gasteiger partial charge in [-0.1, -0.05) is 6.07 Å². The van der Waals surface area contributed by atoms with Crippen LogP contribution in [-0.2, 0) is 16.6 Å². The molecule has 2 bridgehead atoms. The molecular formula is C21H25NO4. The molecule has 0 radical (unpaired) electrons. The van der Waals surface area contributed by atoms with Crippen LogP contribution in [0.15, 0.2) is 12.1 Å². The number of likely N-dealkylation sites (tertiary alicyclic amines) is 1. The predicted molar refractivity (Wildman–Crippen MR) is 94.4 cm³/mol. The van der Waals surface area contributed by atoms with Crippen molar-refractivity contribution in [3.05, 3.63) is 23.3 Å². The second-order valence-electron chi connectivity index (χ2n) is 9.09. The van der Waals surface area contributed by atoms with Gasteiger partial charge >= 0.3 is 0 Å². The zero-order valence-electron chi connectivity index (χ0n) is 15.1. The summed E-state index contributed by atoms with van der Waals surface area (Å²) in [6.07, 6.45) is 4.26. The van der Waals surface area contributed by atoms with E-state index in [0.29, 0.717) is 24.6 Å². The summed E-state index contributed by atoms with van der Waals surface area (Å²) in [6.45, 7) is 3.18. The number of aromatic hydroxyl groups is 1. The van der Waals surface area contributed by atoms with Gasteiger partial charge < -0.3 is 14.9 Å². The van der Waals surface area contributed by atoms with Gasteiger partial charge in [0.1, 0.15) is 0 Å². The van der Waals surface area contributed by atoms with E-state index >= 15 is 0 Å². The van der Waals surface area contributed by atoms with Gasteiger partial charge in [0, 0.05) is 24.1 Å². The molecule has 0 amide bonds. The molecule has 1 spiro atoms. The molecule has 1 saturated heterocycles. The largest absolute Gasteiger partial charge is 0.504 e. The standard InChI is InChI=1S/C21H25NO4/c1-11(12-2-3-12)22-9-8-20-17-13-4-5-14(23)18(17)26-19(20)15(24)6-7-21(20,25)16(22)10-13/h4-5,11-12,16,19,23,25H,2-3,6-10H2,1H3/t11?,16?,19?,20-,21+/m0/s1. The van der Waals surface area contributed by atoms with Crippen LogP contribution in [0.3, 0.4) is 0 Å². The summed E-state index contributed by atoms with van der Waals surface area (Å²) in [5.41, 5.74) is 0.415. The van der Waals surface area contributed by atoms with Crippen LogP contribution >= 0.6 is 0 Å². The number of ether oxygens (including phenoxy) is 1. The molecule has 26 heavy (non-hydrogen) atoms. The van der Waals surface area contributed by atoms with Gasteiger partial charge in [-0.3, -0.25) is 9.69 Å². The fourth-order valence-electron chi connectivity index (χ4n) is 6.70. The van der Waals surface area contributed by atoms with Crippen LogP contribution in [-0.4, -0.2) is 51.2 Å². The molecule has 3 fully saturated rings. The van der Waals surface area contributed by atoms with E-state index in [1.165, 1.54) is 12.8 Å². The SMILES string of the molecule is CC(C1CC1)N1CC[C@]23c4c5ccc(O)c4OC2C(=O)CC[C@@]3(O)C1C5. The maximum atomic E-state index is 12.8. The summed E-state index contributed by atoms with van der Waals surface area (Å²) in [4.78, 5) is 15.3. The molecule has 1 aromatic carbocycles. The van der Waals surface area contributed by atoms with Crippen molar-refractivity contribution in [3.63, 3.8) is 0 Å². The lowest BCUT2D eigenvalue weighted by molar-refractivity contribution is -0.194. The van der Waals surface area contributed by atoms with Crippen LogP contribution < -0.4 is 4.74 Å². The van der Waals surface area contributed by atoms with E-state index in [-0.39, 0.29) is 17.6 Å². The number of carbonyl (C=O) groups is 1. The topological polar surface area (TPSA) is 70.0 Å². The summed E-state index contributed by atoms with van der Waals surface area (Å²) < 4.78 is 6.06. The molecule has 2 saturated carbocycles. The van der Waals surface area contributed by atoms with E-state index in [0.717, 1.165) is 36.4 Å². The molecule has 5 atom stereocenters. The average Bonchev–Trinajstić information content (AvgIpc) is 3.39. The van der Waals surface area contributed by atoms with Gasteiger partial charge in [0.25, 0.3) is 0 Å².